The van der Waals surface area contributed by atoms with Crippen LogP contribution in [0.25, 0.3) is 5.69 Å². The molecule has 3 rings (SSSR count). The molecule has 1 amide bonds. The summed E-state index contributed by atoms with van der Waals surface area (Å²) >= 11 is 12.0. The van der Waals surface area contributed by atoms with Gasteiger partial charge in [0.2, 0.25) is 0 Å². The second-order valence-corrected chi connectivity index (χ2v) is 6.85. The van der Waals surface area contributed by atoms with E-state index in [4.69, 9.17) is 32.7 Å². The normalized spacial score (nSPS) is 10.6. The van der Waals surface area contributed by atoms with Gasteiger partial charge < -0.3 is 14.8 Å². The van der Waals surface area contributed by atoms with Crippen molar-refractivity contribution in [3.05, 3.63) is 70.0 Å². The third-order valence-electron chi connectivity index (χ3n) is 4.16. The van der Waals surface area contributed by atoms with E-state index in [0.717, 1.165) is 17.0 Å². The molecule has 0 aliphatic heterocycles. The van der Waals surface area contributed by atoms with Crippen LogP contribution in [0.1, 0.15) is 11.3 Å². The minimum absolute atomic E-state index is 0.381. The van der Waals surface area contributed by atoms with Crippen molar-refractivity contribution >= 4 is 29.3 Å². The van der Waals surface area contributed by atoms with Crippen LogP contribution in [0.2, 0.25) is 10.0 Å². The highest BCUT2D eigenvalue weighted by molar-refractivity contribution is 6.35. The molecule has 0 spiro atoms. The van der Waals surface area contributed by atoms with Gasteiger partial charge in [-0.15, -0.1) is 0 Å². The first-order valence-electron chi connectivity index (χ1n) is 8.56. The predicted octanol–water partition coefficient (Wildman–Crippen LogP) is 4.83. The van der Waals surface area contributed by atoms with Crippen molar-refractivity contribution in [3.8, 4) is 17.2 Å². The van der Waals surface area contributed by atoms with E-state index < -0.39 is 6.09 Å². The van der Waals surface area contributed by atoms with E-state index in [1.807, 2.05) is 37.3 Å². The van der Waals surface area contributed by atoms with Gasteiger partial charge in [-0.2, -0.15) is 5.10 Å². The Morgan fingerprint density at radius 3 is 2.61 bits per heavy atom. The van der Waals surface area contributed by atoms with Gasteiger partial charge in [-0.25, -0.2) is 9.48 Å². The molecule has 8 heteroatoms. The lowest BCUT2D eigenvalue weighted by atomic mass is 10.1. The lowest BCUT2D eigenvalue weighted by molar-refractivity contribution is 0.200. The van der Waals surface area contributed by atoms with Crippen molar-refractivity contribution in [1.82, 2.24) is 15.1 Å². The summed E-state index contributed by atoms with van der Waals surface area (Å²) < 4.78 is 12.2. The monoisotopic (exact) mass is 419 g/mol. The number of ether oxygens (including phenoxy) is 2. The molecule has 6 nitrogen and oxygen atoms in total. The van der Waals surface area contributed by atoms with E-state index in [1.165, 1.54) is 6.20 Å². The maximum atomic E-state index is 12.1. The fraction of sp³-hybridized carbons (Fsp3) is 0.200. The topological polar surface area (TPSA) is 65.4 Å². The molecule has 146 valence electrons. The first kappa shape index (κ1) is 20.0. The molecule has 0 unspecified atom stereocenters. The van der Waals surface area contributed by atoms with Crippen LogP contribution in [-0.4, -0.2) is 29.5 Å². The molecule has 0 radical (unpaired) electrons. The summed E-state index contributed by atoms with van der Waals surface area (Å²) in [6.45, 7) is 2.21. The van der Waals surface area contributed by atoms with E-state index in [-0.39, 0.29) is 0 Å². The van der Waals surface area contributed by atoms with Crippen molar-refractivity contribution in [1.29, 1.82) is 0 Å². The van der Waals surface area contributed by atoms with E-state index in [9.17, 15) is 4.79 Å². The Balaban J connectivity index is 1.57. The molecule has 0 bridgehead atoms. The highest BCUT2D eigenvalue weighted by Crippen LogP contribution is 2.23. The van der Waals surface area contributed by atoms with Gasteiger partial charge in [0.1, 0.15) is 5.75 Å². The van der Waals surface area contributed by atoms with Gasteiger partial charge in [0.05, 0.1) is 24.7 Å². The molecular formula is C20H19Cl2N3O3. The molecular weight excluding hydrogens is 401 g/mol. The lowest BCUT2D eigenvalue weighted by Gasteiger charge is -2.09. The first-order chi connectivity index (χ1) is 13.5. The minimum atomic E-state index is -0.553. The Hall–Kier alpha value is -2.70. The molecule has 1 N–H and O–H groups in total. The number of carbonyl (C=O) groups is 1. The number of nitrogens with one attached hydrogen (secondary N) is 1. The summed E-state index contributed by atoms with van der Waals surface area (Å²) in [4.78, 5) is 12.1. The fourth-order valence-corrected chi connectivity index (χ4v) is 3.14. The number of benzene rings is 2. The lowest BCUT2D eigenvalue weighted by Crippen LogP contribution is -2.28. The number of amides is 1. The Morgan fingerprint density at radius 2 is 1.93 bits per heavy atom. The molecule has 2 aromatic carbocycles. The SMILES string of the molecule is COc1ccc(-n2ncc(OC(=O)NCCc3ccc(Cl)cc3Cl)c2C)cc1. The van der Waals surface area contributed by atoms with Crippen LogP contribution in [0.3, 0.4) is 0 Å². The van der Waals surface area contributed by atoms with Crippen LogP contribution >= 0.6 is 23.2 Å². The van der Waals surface area contributed by atoms with Crippen molar-refractivity contribution in [2.75, 3.05) is 13.7 Å². The number of nitrogens with zero attached hydrogens (tertiary/aromatic N) is 2. The minimum Gasteiger partial charge on any atom is -0.497 e. The summed E-state index contributed by atoms with van der Waals surface area (Å²) in [7, 11) is 1.61. The third-order valence-corrected chi connectivity index (χ3v) is 4.75. The van der Waals surface area contributed by atoms with Gasteiger partial charge in [-0.05, 0) is 55.3 Å². The van der Waals surface area contributed by atoms with E-state index in [0.29, 0.717) is 34.5 Å². The standard InChI is InChI=1S/C20H19Cl2N3O3/c1-13-19(12-24-25(13)16-5-7-17(27-2)8-6-16)28-20(26)23-10-9-14-3-4-15(21)11-18(14)22/h3-8,11-12H,9-10H2,1-2H3,(H,23,26). The van der Waals surface area contributed by atoms with Gasteiger partial charge in [0, 0.05) is 16.6 Å². The molecule has 0 aliphatic rings. The fourth-order valence-electron chi connectivity index (χ4n) is 2.64. The molecule has 0 saturated heterocycles. The molecule has 0 aliphatic carbocycles. The molecule has 1 heterocycles. The molecule has 0 atom stereocenters. The average molecular weight is 420 g/mol. The zero-order valence-electron chi connectivity index (χ0n) is 15.4. The highest BCUT2D eigenvalue weighted by atomic mass is 35.5. The molecule has 28 heavy (non-hydrogen) atoms. The van der Waals surface area contributed by atoms with Crippen molar-refractivity contribution in [3.63, 3.8) is 0 Å². The van der Waals surface area contributed by atoms with Crippen molar-refractivity contribution in [2.24, 2.45) is 0 Å². The zero-order chi connectivity index (χ0) is 20.1. The Kier molecular flexibility index (Phi) is 6.44. The quantitative estimate of drug-likeness (QED) is 0.621. The van der Waals surface area contributed by atoms with Gasteiger partial charge in [-0.1, -0.05) is 29.3 Å². The van der Waals surface area contributed by atoms with Gasteiger partial charge >= 0.3 is 6.09 Å². The first-order valence-corrected chi connectivity index (χ1v) is 9.32. The van der Waals surface area contributed by atoms with E-state index in [1.54, 1.807) is 23.9 Å². The van der Waals surface area contributed by atoms with Crippen LogP contribution < -0.4 is 14.8 Å². The van der Waals surface area contributed by atoms with Crippen molar-refractivity contribution in [2.45, 2.75) is 13.3 Å². The summed E-state index contributed by atoms with van der Waals surface area (Å²) in [5.74, 6) is 1.14. The van der Waals surface area contributed by atoms with Crippen LogP contribution in [0.5, 0.6) is 11.5 Å². The zero-order valence-corrected chi connectivity index (χ0v) is 16.9. The number of carbonyl (C=O) groups excluding carboxylic acids is 1. The van der Waals surface area contributed by atoms with Gasteiger partial charge in [0.15, 0.2) is 5.75 Å². The maximum Gasteiger partial charge on any atom is 0.412 e. The molecule has 0 fully saturated rings. The summed E-state index contributed by atoms with van der Waals surface area (Å²) in [6.07, 6.45) is 1.52. The molecule has 3 aromatic rings. The van der Waals surface area contributed by atoms with Crippen LogP contribution in [0.4, 0.5) is 4.79 Å². The van der Waals surface area contributed by atoms with E-state index >= 15 is 0 Å². The van der Waals surface area contributed by atoms with E-state index in [2.05, 4.69) is 10.4 Å². The smallest absolute Gasteiger partial charge is 0.412 e. The predicted molar refractivity (Wildman–Crippen MR) is 109 cm³/mol. The Bertz CT molecular complexity index is 971. The Labute approximate surface area is 173 Å². The van der Waals surface area contributed by atoms with Crippen LogP contribution in [-0.2, 0) is 6.42 Å². The third kappa shape index (κ3) is 4.77. The molecule has 0 saturated carbocycles. The average Bonchev–Trinajstić information content (AvgIpc) is 3.04. The van der Waals surface area contributed by atoms with Crippen molar-refractivity contribution < 1.29 is 14.3 Å². The maximum absolute atomic E-state index is 12.1. The number of rotatable bonds is 6. The highest BCUT2D eigenvalue weighted by Gasteiger charge is 2.13. The van der Waals surface area contributed by atoms with Gasteiger partial charge in [0.25, 0.3) is 0 Å². The number of methoxy groups -OCH3 is 1. The second kappa shape index (κ2) is 8.99. The number of aromatic nitrogens is 2. The molecule has 1 aromatic heterocycles. The van der Waals surface area contributed by atoms with Crippen LogP contribution in [0.15, 0.2) is 48.7 Å². The van der Waals surface area contributed by atoms with Crippen LogP contribution in [0, 0.1) is 6.92 Å². The number of hydrogen-bond acceptors (Lipinski definition) is 4. The summed E-state index contributed by atoms with van der Waals surface area (Å²) in [5.41, 5.74) is 2.45. The summed E-state index contributed by atoms with van der Waals surface area (Å²) in [6, 6.07) is 12.7. The largest absolute Gasteiger partial charge is 0.497 e. The summed E-state index contributed by atoms with van der Waals surface area (Å²) in [5, 5.41) is 8.13. The number of halogens is 2. The number of hydrogen-bond donors (Lipinski definition) is 1. The Morgan fingerprint density at radius 1 is 1.18 bits per heavy atom. The second-order valence-electron chi connectivity index (χ2n) is 6.01. The van der Waals surface area contributed by atoms with Gasteiger partial charge in [-0.3, -0.25) is 0 Å².